The molecular weight excluding hydrogens is 576 g/mol. The van der Waals surface area contributed by atoms with Gasteiger partial charge in [0.2, 0.25) is 0 Å². The minimum absolute atomic E-state index is 0.360. The molecule has 2 aromatic carbocycles. The molecule has 0 spiro atoms. The number of halogens is 16. The second-order valence-corrected chi connectivity index (χ2v) is 7.31. The van der Waals surface area contributed by atoms with E-state index < -0.39 is 59.3 Å². The molecule has 18 heteroatoms. The summed E-state index contributed by atoms with van der Waals surface area (Å²) in [5, 5.41) is 0. The molecule has 0 aliphatic carbocycles. The zero-order chi connectivity index (χ0) is 29.6. The van der Waals surface area contributed by atoms with E-state index in [0.29, 0.717) is 24.3 Å². The smallest absolute Gasteiger partial charge is 0.428 e. The Labute approximate surface area is 200 Å². The van der Waals surface area contributed by atoms with E-state index in [2.05, 4.69) is 9.47 Å². The first-order valence-electron chi connectivity index (χ1n) is 9.41. The van der Waals surface area contributed by atoms with Crippen LogP contribution in [0.1, 0.15) is 0 Å². The van der Waals surface area contributed by atoms with Crippen LogP contribution in [0.2, 0.25) is 0 Å². The second kappa shape index (κ2) is 9.29. The van der Waals surface area contributed by atoms with Crippen molar-refractivity contribution in [1.82, 2.24) is 0 Å². The Balaban J connectivity index is 2.53. The van der Waals surface area contributed by atoms with Gasteiger partial charge in [0.15, 0.2) is 0 Å². The van der Waals surface area contributed by atoms with Gasteiger partial charge in [-0.25, -0.2) is 0 Å². The second-order valence-electron chi connectivity index (χ2n) is 7.31. The quantitative estimate of drug-likeness (QED) is 0.248. The van der Waals surface area contributed by atoms with Gasteiger partial charge in [-0.15, -0.1) is 0 Å². The van der Waals surface area contributed by atoms with Gasteiger partial charge in [0, 0.05) is 0 Å². The summed E-state index contributed by atoms with van der Waals surface area (Å²) in [5.74, 6) is -52.3. The van der Waals surface area contributed by atoms with Crippen molar-refractivity contribution in [3.8, 4) is 11.5 Å². The van der Waals surface area contributed by atoms with E-state index in [-0.39, 0.29) is 0 Å². The molecule has 0 amide bonds. The summed E-state index contributed by atoms with van der Waals surface area (Å²) in [6, 6.07) is 6.50. The van der Waals surface area contributed by atoms with Crippen LogP contribution in [0.25, 0.3) is 0 Å². The minimum atomic E-state index is -8.55. The van der Waals surface area contributed by atoms with Crippen molar-refractivity contribution >= 4 is 0 Å². The topological polar surface area (TPSA) is 18.5 Å². The van der Waals surface area contributed by atoms with E-state index in [1.807, 2.05) is 0 Å². The maximum Gasteiger partial charge on any atom is 0.471 e. The zero-order valence-electron chi connectivity index (χ0n) is 17.6. The van der Waals surface area contributed by atoms with Crippen molar-refractivity contribution < 1.29 is 79.7 Å². The van der Waals surface area contributed by atoms with Crippen molar-refractivity contribution in [2.75, 3.05) is 0 Å². The van der Waals surface area contributed by atoms with Gasteiger partial charge in [-0.2, -0.15) is 70.2 Å². The summed E-state index contributed by atoms with van der Waals surface area (Å²) in [6.45, 7) is 0. The molecule has 2 nitrogen and oxygen atoms in total. The van der Waals surface area contributed by atoms with Crippen LogP contribution >= 0.6 is 0 Å². The molecule has 0 aliphatic rings. The molecule has 0 heterocycles. The van der Waals surface area contributed by atoms with Crippen molar-refractivity contribution in [2.24, 2.45) is 0 Å². The highest BCUT2D eigenvalue weighted by atomic mass is 19.4. The summed E-state index contributed by atoms with van der Waals surface area (Å²) >= 11 is 0. The summed E-state index contributed by atoms with van der Waals surface area (Å²) in [4.78, 5) is 0. The summed E-state index contributed by atoms with van der Waals surface area (Å²) in [7, 11) is 0. The number of ether oxygens (including phenoxy) is 2. The molecule has 0 bridgehead atoms. The third-order valence-electron chi connectivity index (χ3n) is 4.68. The Hall–Kier alpha value is -3.08. The average molecular weight is 586 g/mol. The first-order chi connectivity index (χ1) is 16.9. The molecule has 0 fully saturated rings. The highest BCUT2D eigenvalue weighted by Gasteiger charge is 2.96. The Morgan fingerprint density at radius 1 is 0.316 bits per heavy atom. The van der Waals surface area contributed by atoms with Gasteiger partial charge in [-0.1, -0.05) is 36.4 Å². The third kappa shape index (κ3) is 4.54. The molecule has 2 rings (SSSR count). The number of rotatable bonds is 11. The van der Waals surface area contributed by atoms with E-state index >= 15 is 0 Å². The fraction of sp³-hybridized carbons (Fsp3) is 0.400. The molecule has 0 unspecified atom stereocenters. The number of hydrogen-bond acceptors (Lipinski definition) is 2. The van der Waals surface area contributed by atoms with Crippen LogP contribution in [0, 0.1) is 0 Å². The van der Waals surface area contributed by atoms with Crippen LogP contribution in [0.3, 0.4) is 0 Å². The normalized spacial score (nSPS) is 14.8. The monoisotopic (exact) mass is 586 g/mol. The highest BCUT2D eigenvalue weighted by molar-refractivity contribution is 5.24. The molecule has 0 aromatic heterocycles. The van der Waals surface area contributed by atoms with E-state index in [1.54, 1.807) is 0 Å². The van der Waals surface area contributed by atoms with Gasteiger partial charge in [-0.05, 0) is 24.3 Å². The van der Waals surface area contributed by atoms with Gasteiger partial charge in [0.25, 0.3) is 0 Å². The Kier molecular flexibility index (Phi) is 7.61. The fourth-order valence-electron chi connectivity index (χ4n) is 2.56. The van der Waals surface area contributed by atoms with Crippen molar-refractivity contribution in [3.63, 3.8) is 0 Å². The van der Waals surface area contributed by atoms with Crippen molar-refractivity contribution in [2.45, 2.75) is 47.8 Å². The Morgan fingerprint density at radius 3 is 0.763 bits per heavy atom. The van der Waals surface area contributed by atoms with Crippen LogP contribution in [0.5, 0.6) is 11.5 Å². The molecule has 0 saturated heterocycles. The number of hydrogen-bond donors (Lipinski definition) is 0. The number of alkyl halides is 16. The van der Waals surface area contributed by atoms with Gasteiger partial charge in [0.05, 0.1) is 0 Å². The lowest BCUT2D eigenvalue weighted by Gasteiger charge is -2.43. The lowest BCUT2D eigenvalue weighted by Crippen LogP contribution is -2.75. The summed E-state index contributed by atoms with van der Waals surface area (Å²) in [5.41, 5.74) is 0. The maximum atomic E-state index is 13.9. The van der Waals surface area contributed by atoms with E-state index in [0.717, 1.165) is 36.4 Å². The summed E-state index contributed by atoms with van der Waals surface area (Å²) < 4.78 is 228. The lowest BCUT2D eigenvalue weighted by molar-refractivity contribution is -0.474. The largest absolute Gasteiger partial charge is 0.471 e. The van der Waals surface area contributed by atoms with E-state index in [4.69, 9.17) is 0 Å². The lowest BCUT2D eigenvalue weighted by atomic mass is 9.90. The van der Waals surface area contributed by atoms with E-state index in [1.165, 1.54) is 0 Å². The molecule has 0 saturated carbocycles. The predicted molar refractivity (Wildman–Crippen MR) is 93.7 cm³/mol. The average Bonchev–Trinajstić information content (AvgIpc) is 2.79. The van der Waals surface area contributed by atoms with Gasteiger partial charge in [-0.3, -0.25) is 0 Å². The zero-order valence-corrected chi connectivity index (χ0v) is 17.6. The van der Waals surface area contributed by atoms with Crippen LogP contribution in [-0.4, -0.2) is 47.8 Å². The Morgan fingerprint density at radius 2 is 0.526 bits per heavy atom. The number of para-hydroxylation sites is 2. The predicted octanol–water partition coefficient (Wildman–Crippen LogP) is 8.14. The van der Waals surface area contributed by atoms with Gasteiger partial charge in [0.1, 0.15) is 11.5 Å². The molecule has 38 heavy (non-hydrogen) atoms. The van der Waals surface area contributed by atoms with Crippen LogP contribution in [-0.2, 0) is 0 Å². The van der Waals surface area contributed by atoms with Crippen LogP contribution in [0.4, 0.5) is 70.2 Å². The summed E-state index contributed by atoms with van der Waals surface area (Å²) in [6.07, 6.45) is -13.8. The van der Waals surface area contributed by atoms with Crippen molar-refractivity contribution in [1.29, 1.82) is 0 Å². The molecule has 0 aliphatic heterocycles. The minimum Gasteiger partial charge on any atom is -0.428 e. The molecule has 2 aromatic rings. The molecule has 214 valence electrons. The van der Waals surface area contributed by atoms with Gasteiger partial charge < -0.3 is 9.47 Å². The fourth-order valence-corrected chi connectivity index (χ4v) is 2.56. The molecule has 0 N–H and O–H groups in total. The molecule has 0 radical (unpaired) electrons. The molecular formula is C20H10F16O2. The standard InChI is InChI=1S/C20H10F16O2/c21-13(22,15(25,26)17(29,30)19(33,34)37-11-7-3-1-4-8-11)14(23,24)16(27,28)18(31,32)20(35,36)38-12-9-5-2-6-10-12/h1-10H. The SMILES string of the molecule is FC(F)(Oc1ccccc1)C(F)(F)C(F)(F)C(F)(F)C(F)(F)C(F)(F)C(F)(F)C(F)(F)Oc1ccccc1. The van der Waals surface area contributed by atoms with Gasteiger partial charge >= 0.3 is 47.8 Å². The van der Waals surface area contributed by atoms with E-state index in [9.17, 15) is 70.2 Å². The first-order valence-corrected chi connectivity index (χ1v) is 9.41. The first kappa shape index (κ1) is 31.1. The molecule has 0 atom stereocenters. The van der Waals surface area contributed by atoms with Crippen molar-refractivity contribution in [3.05, 3.63) is 60.7 Å². The Bertz CT molecular complexity index is 999. The highest BCUT2D eigenvalue weighted by Crippen LogP contribution is 2.63. The number of benzene rings is 2. The maximum absolute atomic E-state index is 13.9. The third-order valence-corrected chi connectivity index (χ3v) is 4.68. The van der Waals surface area contributed by atoms with Crippen LogP contribution in [0.15, 0.2) is 60.7 Å². The van der Waals surface area contributed by atoms with Crippen LogP contribution < -0.4 is 9.47 Å².